The third-order valence-corrected chi connectivity index (χ3v) is 6.07. The largest absolute Gasteiger partial charge is 0.441 e. The van der Waals surface area contributed by atoms with E-state index in [-0.39, 0.29) is 11.9 Å². The molecule has 0 fully saturated rings. The van der Waals surface area contributed by atoms with Crippen molar-refractivity contribution in [2.75, 3.05) is 26.0 Å². The van der Waals surface area contributed by atoms with E-state index >= 15 is 0 Å². The summed E-state index contributed by atoms with van der Waals surface area (Å²) < 4.78 is 21.6. The van der Waals surface area contributed by atoms with E-state index in [1.54, 1.807) is 69.2 Å². The third kappa shape index (κ3) is 6.76. The van der Waals surface area contributed by atoms with Crippen LogP contribution in [0.1, 0.15) is 33.9 Å². The van der Waals surface area contributed by atoms with Gasteiger partial charge in [-0.15, -0.1) is 0 Å². The van der Waals surface area contributed by atoms with Crippen molar-refractivity contribution >= 4 is 28.6 Å². The number of likely N-dealkylation sites (N-methyl/N-ethyl adjacent to an activating group) is 1. The van der Waals surface area contributed by atoms with Crippen LogP contribution in [-0.2, 0) is 14.3 Å². The highest BCUT2D eigenvalue weighted by Gasteiger charge is 2.27. The van der Waals surface area contributed by atoms with Crippen LogP contribution in [0, 0.1) is 11.4 Å². The summed E-state index contributed by atoms with van der Waals surface area (Å²) in [5.74, 6) is -1.22. The van der Waals surface area contributed by atoms with Crippen molar-refractivity contribution in [2.24, 2.45) is 5.41 Å². The average molecular weight is 545 g/mol. The van der Waals surface area contributed by atoms with Gasteiger partial charge >= 0.3 is 5.97 Å². The van der Waals surface area contributed by atoms with Gasteiger partial charge in [0.15, 0.2) is 6.23 Å². The predicted octanol–water partition coefficient (Wildman–Crippen LogP) is 5.46. The molecule has 4 heterocycles. The van der Waals surface area contributed by atoms with E-state index in [9.17, 15) is 14.0 Å². The zero-order valence-corrected chi connectivity index (χ0v) is 23.5. The summed E-state index contributed by atoms with van der Waals surface area (Å²) in [5, 5.41) is 3.55. The lowest BCUT2D eigenvalue weighted by atomic mass is 9.97. The van der Waals surface area contributed by atoms with Gasteiger partial charge in [0, 0.05) is 65.6 Å². The van der Waals surface area contributed by atoms with Crippen LogP contribution in [0.5, 0.6) is 0 Å². The summed E-state index contributed by atoms with van der Waals surface area (Å²) in [6, 6.07) is 6.79. The van der Waals surface area contributed by atoms with Crippen molar-refractivity contribution in [3.8, 4) is 22.3 Å². The van der Waals surface area contributed by atoms with Crippen molar-refractivity contribution in [1.82, 2.24) is 24.4 Å². The Morgan fingerprint density at radius 3 is 2.55 bits per heavy atom. The van der Waals surface area contributed by atoms with Crippen LogP contribution in [0.2, 0.25) is 0 Å². The number of anilines is 1. The maximum Gasteiger partial charge on any atom is 0.313 e. The fraction of sp³-hybridized carbons (Fsp3) is 0.300. The summed E-state index contributed by atoms with van der Waals surface area (Å²) in [6.45, 7) is 7.77. The number of hydrogen-bond donors (Lipinski definition) is 1. The molecule has 40 heavy (non-hydrogen) atoms. The van der Waals surface area contributed by atoms with Crippen molar-refractivity contribution < 1.29 is 18.7 Å². The summed E-state index contributed by atoms with van der Waals surface area (Å²) in [4.78, 5) is 39.5. The Morgan fingerprint density at radius 1 is 1.10 bits per heavy atom. The number of carbonyl (C=O) groups excluding carboxylic acids is 2. The highest BCUT2D eigenvalue weighted by molar-refractivity contribution is 6.00. The highest BCUT2D eigenvalue weighted by Crippen LogP contribution is 2.35. The zero-order chi connectivity index (χ0) is 29.0. The molecule has 0 spiro atoms. The van der Waals surface area contributed by atoms with E-state index in [1.807, 2.05) is 31.1 Å². The molecule has 9 nitrogen and oxygen atoms in total. The summed E-state index contributed by atoms with van der Waals surface area (Å²) in [6.07, 6.45) is 10.7. The van der Waals surface area contributed by atoms with Crippen molar-refractivity contribution in [1.29, 1.82) is 0 Å². The minimum atomic E-state index is -0.676. The van der Waals surface area contributed by atoms with Crippen molar-refractivity contribution in [3.05, 3.63) is 73.3 Å². The second kappa shape index (κ2) is 11.7. The molecule has 1 N–H and O–H groups in total. The van der Waals surface area contributed by atoms with E-state index in [1.165, 1.54) is 18.3 Å². The lowest BCUT2D eigenvalue weighted by Gasteiger charge is -2.22. The topological polar surface area (TPSA) is 102 Å². The molecule has 0 radical (unpaired) electrons. The molecule has 0 aliphatic carbocycles. The number of ether oxygens (including phenoxy) is 1. The van der Waals surface area contributed by atoms with Gasteiger partial charge in [-0.3, -0.25) is 19.1 Å². The Bertz CT molecular complexity index is 1570. The van der Waals surface area contributed by atoms with E-state index < -0.39 is 17.6 Å². The number of aromatic nitrogens is 4. The molecular formula is C30H33FN6O3. The Labute approximate surface area is 232 Å². The van der Waals surface area contributed by atoms with Gasteiger partial charge in [0.05, 0.1) is 17.3 Å². The fourth-order valence-electron chi connectivity index (χ4n) is 3.98. The second-order valence-corrected chi connectivity index (χ2v) is 10.8. The lowest BCUT2D eigenvalue weighted by molar-refractivity contribution is -0.162. The molecule has 4 aromatic rings. The second-order valence-electron chi connectivity index (χ2n) is 10.8. The van der Waals surface area contributed by atoms with Crippen LogP contribution >= 0.6 is 0 Å². The molecule has 0 bridgehead atoms. The van der Waals surface area contributed by atoms with E-state index in [2.05, 4.69) is 15.3 Å². The first-order valence-corrected chi connectivity index (χ1v) is 12.8. The molecule has 0 aromatic carbocycles. The van der Waals surface area contributed by atoms with Crippen molar-refractivity contribution in [2.45, 2.75) is 33.9 Å². The van der Waals surface area contributed by atoms with Gasteiger partial charge in [-0.05, 0) is 65.6 Å². The van der Waals surface area contributed by atoms with Gasteiger partial charge < -0.3 is 15.0 Å². The van der Waals surface area contributed by atoms with Crippen LogP contribution in [0.25, 0.3) is 33.3 Å². The number of nitrogens with zero attached hydrogens (tertiary/aromatic N) is 5. The lowest BCUT2D eigenvalue weighted by Crippen LogP contribution is -2.26. The van der Waals surface area contributed by atoms with Gasteiger partial charge in [0.25, 0.3) is 0 Å². The Morgan fingerprint density at radius 2 is 1.85 bits per heavy atom. The van der Waals surface area contributed by atoms with Gasteiger partial charge in [0.2, 0.25) is 11.9 Å². The maximum absolute atomic E-state index is 14.1. The van der Waals surface area contributed by atoms with Gasteiger partial charge in [-0.1, -0.05) is 6.08 Å². The minimum Gasteiger partial charge on any atom is -0.441 e. The molecule has 1 amide bonds. The molecule has 0 aliphatic heterocycles. The number of rotatable bonds is 8. The number of esters is 1. The van der Waals surface area contributed by atoms with E-state index in [0.29, 0.717) is 29.0 Å². The number of hydrogen-bond acceptors (Lipinski definition) is 7. The van der Waals surface area contributed by atoms with Crippen LogP contribution in [0.15, 0.2) is 67.4 Å². The quantitative estimate of drug-likeness (QED) is 0.178. The average Bonchev–Trinajstić information content (AvgIpc) is 3.27. The number of pyridine rings is 3. The monoisotopic (exact) mass is 544 g/mol. The summed E-state index contributed by atoms with van der Waals surface area (Å²) in [7, 11) is 3.84. The molecular weight excluding hydrogens is 511 g/mol. The van der Waals surface area contributed by atoms with Gasteiger partial charge in [-0.25, -0.2) is 9.97 Å². The van der Waals surface area contributed by atoms with Crippen LogP contribution in [-0.4, -0.2) is 56.9 Å². The van der Waals surface area contributed by atoms with E-state index in [0.717, 1.165) is 16.5 Å². The van der Waals surface area contributed by atoms with Gasteiger partial charge in [-0.2, -0.15) is 4.39 Å². The zero-order valence-electron chi connectivity index (χ0n) is 23.5. The van der Waals surface area contributed by atoms with Crippen LogP contribution < -0.4 is 5.32 Å². The number of halogens is 1. The Kier molecular flexibility index (Phi) is 8.39. The molecule has 0 saturated heterocycles. The first-order chi connectivity index (χ1) is 18.9. The first kappa shape index (κ1) is 28.6. The molecule has 208 valence electrons. The first-order valence-electron chi connectivity index (χ1n) is 12.8. The number of carbonyl (C=O) groups is 2. The van der Waals surface area contributed by atoms with Crippen molar-refractivity contribution in [3.63, 3.8) is 0 Å². The molecule has 4 rings (SSSR count). The summed E-state index contributed by atoms with van der Waals surface area (Å²) >= 11 is 0. The van der Waals surface area contributed by atoms with E-state index in [4.69, 9.17) is 9.72 Å². The number of fused-ring (bicyclic) bond motifs is 1. The number of nitrogens with one attached hydrogen (secondary N) is 1. The molecule has 0 aliphatic rings. The molecule has 1 atom stereocenters. The highest BCUT2D eigenvalue weighted by atomic mass is 19.1. The Hall–Kier alpha value is -4.44. The minimum absolute atomic E-state index is 0.257. The van der Waals surface area contributed by atoms with Crippen LogP contribution in [0.4, 0.5) is 10.1 Å². The third-order valence-electron chi connectivity index (χ3n) is 6.07. The standard InChI is InChI=1S/C30H33FN6O3/c1-19(40-29(39)30(2,3)4)37-18-25(20-9-10-33-26(31)14-20)24-13-22(16-34-28(24)37)21-12-23(17-32-15-21)35-27(38)8-7-11-36(5)6/h7-10,12-19H,11H2,1-6H3,(H,35,38). The molecule has 4 aromatic heterocycles. The SMILES string of the molecule is CC(OC(=O)C(C)(C)C)n1cc(-c2ccnc(F)c2)c2cc(-c3cncc(NC(=O)C=CCN(C)C)c3)cnc21. The molecule has 0 saturated carbocycles. The number of amides is 1. The smallest absolute Gasteiger partial charge is 0.313 e. The Balaban J connectivity index is 1.73. The van der Waals surface area contributed by atoms with Gasteiger partial charge in [0.1, 0.15) is 5.65 Å². The predicted molar refractivity (Wildman–Crippen MR) is 153 cm³/mol. The molecule has 10 heteroatoms. The van der Waals surface area contributed by atoms with Crippen LogP contribution in [0.3, 0.4) is 0 Å². The fourth-order valence-corrected chi connectivity index (χ4v) is 3.98. The normalized spacial score (nSPS) is 12.7. The molecule has 1 unspecified atom stereocenters. The maximum atomic E-state index is 14.1. The summed E-state index contributed by atoms with van der Waals surface area (Å²) in [5.41, 5.74) is 3.21.